The van der Waals surface area contributed by atoms with E-state index in [1.807, 2.05) is 0 Å². The van der Waals surface area contributed by atoms with E-state index in [9.17, 15) is 4.79 Å². The zero-order valence-electron chi connectivity index (χ0n) is 10.0. The van der Waals surface area contributed by atoms with Gasteiger partial charge in [-0.15, -0.1) is 10.2 Å². The summed E-state index contributed by atoms with van der Waals surface area (Å²) in [5.41, 5.74) is 0. The van der Waals surface area contributed by atoms with Gasteiger partial charge in [-0.3, -0.25) is 10.1 Å². The smallest absolute Gasteiger partial charge is 0.243 e. The number of hydrogen-bond donors (Lipinski definition) is 2. The highest BCUT2D eigenvalue weighted by molar-refractivity contribution is 7.15. The molecule has 0 aromatic carbocycles. The average molecular weight is 254 g/mol. The van der Waals surface area contributed by atoms with E-state index in [-0.39, 0.29) is 11.9 Å². The van der Waals surface area contributed by atoms with E-state index >= 15 is 0 Å². The molecule has 1 unspecified atom stereocenters. The molecule has 1 atom stereocenters. The first-order valence-corrected chi connectivity index (χ1v) is 6.98. The summed E-state index contributed by atoms with van der Waals surface area (Å²) >= 11 is 1.47. The molecule has 0 aliphatic carbocycles. The summed E-state index contributed by atoms with van der Waals surface area (Å²) in [4.78, 5) is 11.9. The van der Waals surface area contributed by atoms with Crippen molar-refractivity contribution in [2.75, 3.05) is 11.9 Å². The molecule has 2 rings (SSSR count). The van der Waals surface area contributed by atoms with Crippen LogP contribution in [-0.2, 0) is 11.2 Å². The van der Waals surface area contributed by atoms with Crippen molar-refractivity contribution in [1.82, 2.24) is 15.5 Å². The lowest BCUT2D eigenvalue weighted by Gasteiger charge is -2.21. The summed E-state index contributed by atoms with van der Waals surface area (Å²) in [6.07, 6.45) is 5.15. The van der Waals surface area contributed by atoms with Gasteiger partial charge < -0.3 is 5.32 Å². The summed E-state index contributed by atoms with van der Waals surface area (Å²) in [5.74, 6) is 0.0175. The maximum Gasteiger partial charge on any atom is 0.243 e. The molecular weight excluding hydrogens is 236 g/mol. The van der Waals surface area contributed by atoms with Gasteiger partial charge in [0, 0.05) is 6.42 Å². The molecule has 1 fully saturated rings. The fraction of sp³-hybridized carbons (Fsp3) is 0.727. The van der Waals surface area contributed by atoms with Gasteiger partial charge in [-0.2, -0.15) is 0 Å². The number of aryl methyl sites for hydroxylation is 1. The normalized spacial score (nSPS) is 20.2. The highest BCUT2D eigenvalue weighted by atomic mass is 32.1. The third-order valence-electron chi connectivity index (χ3n) is 2.79. The van der Waals surface area contributed by atoms with E-state index < -0.39 is 0 Å². The van der Waals surface area contributed by atoms with Crippen LogP contribution in [0.5, 0.6) is 0 Å². The quantitative estimate of drug-likeness (QED) is 0.856. The molecule has 5 nitrogen and oxygen atoms in total. The molecule has 2 heterocycles. The van der Waals surface area contributed by atoms with Crippen LogP contribution in [0.1, 0.15) is 37.6 Å². The van der Waals surface area contributed by atoms with E-state index in [0.717, 1.165) is 43.7 Å². The molecule has 94 valence electrons. The zero-order chi connectivity index (χ0) is 12.1. The predicted octanol–water partition coefficient (Wildman–Crippen LogP) is 1.57. The van der Waals surface area contributed by atoms with Gasteiger partial charge in [-0.25, -0.2) is 0 Å². The maximum atomic E-state index is 11.9. The number of aromatic nitrogens is 2. The summed E-state index contributed by atoms with van der Waals surface area (Å²) in [5, 5.41) is 15.7. The molecule has 1 saturated heterocycles. The molecule has 0 bridgehead atoms. The second-order valence-electron chi connectivity index (χ2n) is 4.24. The molecule has 0 radical (unpaired) electrons. The van der Waals surface area contributed by atoms with Crippen molar-refractivity contribution >= 4 is 22.4 Å². The lowest BCUT2D eigenvalue weighted by atomic mass is 10.0. The first kappa shape index (κ1) is 12.4. The number of carbonyl (C=O) groups excluding carboxylic acids is 1. The monoisotopic (exact) mass is 254 g/mol. The van der Waals surface area contributed by atoms with Crippen LogP contribution in [-0.4, -0.2) is 28.7 Å². The number of anilines is 1. The van der Waals surface area contributed by atoms with Gasteiger partial charge in [-0.05, 0) is 25.8 Å². The van der Waals surface area contributed by atoms with Crippen molar-refractivity contribution in [2.45, 2.75) is 45.1 Å². The standard InChI is InChI=1S/C11H18N4OS/c1-2-5-9-14-15-11(17-9)13-10(16)8-6-3-4-7-12-8/h8,12H,2-7H2,1H3,(H,13,15,16). The third kappa shape index (κ3) is 3.47. The fourth-order valence-electron chi connectivity index (χ4n) is 1.89. The topological polar surface area (TPSA) is 66.9 Å². The summed E-state index contributed by atoms with van der Waals surface area (Å²) in [6.45, 7) is 3.03. The SMILES string of the molecule is CCCc1nnc(NC(=O)C2CCCCN2)s1. The minimum Gasteiger partial charge on any atom is -0.306 e. The minimum atomic E-state index is -0.0673. The first-order chi connectivity index (χ1) is 8.29. The number of rotatable bonds is 4. The van der Waals surface area contributed by atoms with Crippen molar-refractivity contribution in [3.05, 3.63) is 5.01 Å². The van der Waals surface area contributed by atoms with E-state index in [1.165, 1.54) is 11.3 Å². The molecule has 2 N–H and O–H groups in total. The van der Waals surface area contributed by atoms with E-state index in [0.29, 0.717) is 5.13 Å². The second kappa shape index (κ2) is 6.07. The van der Waals surface area contributed by atoms with Gasteiger partial charge in [0.05, 0.1) is 6.04 Å². The fourth-order valence-corrected chi connectivity index (χ4v) is 2.73. The Kier molecular flexibility index (Phi) is 4.44. The highest BCUT2D eigenvalue weighted by Crippen LogP contribution is 2.17. The van der Waals surface area contributed by atoms with Crippen LogP contribution in [0.15, 0.2) is 0 Å². The lowest BCUT2D eigenvalue weighted by Crippen LogP contribution is -2.43. The zero-order valence-corrected chi connectivity index (χ0v) is 10.8. The molecular formula is C11H18N4OS. The van der Waals surface area contributed by atoms with Crippen LogP contribution in [0, 0.1) is 0 Å². The Labute approximate surface area is 105 Å². The summed E-state index contributed by atoms with van der Waals surface area (Å²) in [7, 11) is 0. The molecule has 1 aromatic rings. The van der Waals surface area contributed by atoms with E-state index in [4.69, 9.17) is 0 Å². The molecule has 1 aliphatic heterocycles. The number of carbonyl (C=O) groups is 1. The maximum absolute atomic E-state index is 11.9. The Morgan fingerprint density at radius 1 is 1.53 bits per heavy atom. The molecule has 0 spiro atoms. The molecule has 6 heteroatoms. The van der Waals surface area contributed by atoms with Crippen LogP contribution in [0.4, 0.5) is 5.13 Å². The van der Waals surface area contributed by atoms with Crippen molar-refractivity contribution in [3.8, 4) is 0 Å². The third-order valence-corrected chi connectivity index (χ3v) is 3.69. The average Bonchev–Trinajstić information content (AvgIpc) is 2.78. The van der Waals surface area contributed by atoms with Crippen molar-refractivity contribution in [1.29, 1.82) is 0 Å². The number of nitrogens with one attached hydrogen (secondary N) is 2. The Hall–Kier alpha value is -1.01. The highest BCUT2D eigenvalue weighted by Gasteiger charge is 2.21. The Morgan fingerprint density at radius 2 is 2.41 bits per heavy atom. The van der Waals surface area contributed by atoms with Crippen molar-refractivity contribution < 1.29 is 4.79 Å². The number of hydrogen-bond acceptors (Lipinski definition) is 5. The predicted molar refractivity (Wildman–Crippen MR) is 68.2 cm³/mol. The molecule has 1 aliphatic rings. The van der Waals surface area contributed by atoms with Crippen LogP contribution >= 0.6 is 11.3 Å². The van der Waals surface area contributed by atoms with Gasteiger partial charge in [0.2, 0.25) is 11.0 Å². The molecule has 1 amide bonds. The number of nitrogens with zero attached hydrogens (tertiary/aromatic N) is 2. The Bertz CT molecular complexity index is 373. The van der Waals surface area contributed by atoms with Gasteiger partial charge >= 0.3 is 0 Å². The van der Waals surface area contributed by atoms with E-state index in [1.54, 1.807) is 0 Å². The molecule has 17 heavy (non-hydrogen) atoms. The number of piperidine rings is 1. The number of amides is 1. The van der Waals surface area contributed by atoms with Crippen LogP contribution in [0.25, 0.3) is 0 Å². The van der Waals surface area contributed by atoms with Crippen LogP contribution < -0.4 is 10.6 Å². The lowest BCUT2D eigenvalue weighted by molar-refractivity contribution is -0.118. The van der Waals surface area contributed by atoms with Crippen LogP contribution in [0.3, 0.4) is 0 Å². The van der Waals surface area contributed by atoms with E-state index in [2.05, 4.69) is 27.8 Å². The summed E-state index contributed by atoms with van der Waals surface area (Å²) in [6, 6.07) is -0.0673. The second-order valence-corrected chi connectivity index (χ2v) is 5.30. The first-order valence-electron chi connectivity index (χ1n) is 6.16. The molecule has 1 aromatic heterocycles. The summed E-state index contributed by atoms with van der Waals surface area (Å²) < 4.78 is 0. The van der Waals surface area contributed by atoms with Gasteiger partial charge in [0.15, 0.2) is 0 Å². The minimum absolute atomic E-state index is 0.0175. The molecule has 0 saturated carbocycles. The Morgan fingerprint density at radius 3 is 3.12 bits per heavy atom. The Balaban J connectivity index is 1.88. The van der Waals surface area contributed by atoms with Gasteiger partial charge in [0.25, 0.3) is 0 Å². The van der Waals surface area contributed by atoms with Gasteiger partial charge in [-0.1, -0.05) is 24.7 Å². The van der Waals surface area contributed by atoms with Gasteiger partial charge in [0.1, 0.15) is 5.01 Å². The largest absolute Gasteiger partial charge is 0.306 e. The van der Waals surface area contributed by atoms with Crippen molar-refractivity contribution in [2.24, 2.45) is 0 Å². The van der Waals surface area contributed by atoms with Crippen LogP contribution in [0.2, 0.25) is 0 Å². The van der Waals surface area contributed by atoms with Crippen molar-refractivity contribution in [3.63, 3.8) is 0 Å².